The van der Waals surface area contributed by atoms with E-state index in [2.05, 4.69) is 33.1 Å². The minimum Gasteiger partial charge on any atom is -0.309 e. The summed E-state index contributed by atoms with van der Waals surface area (Å²) in [7, 11) is 0. The molecule has 1 saturated heterocycles. The SMILES string of the molecule is CC1(C2CC2)CN(Cc2c(F)ccc(Br)c2F)CCN1. The molecule has 2 nitrogen and oxygen atoms in total. The summed E-state index contributed by atoms with van der Waals surface area (Å²) in [6.45, 7) is 5.12. The van der Waals surface area contributed by atoms with Crippen molar-refractivity contribution >= 4 is 15.9 Å². The molecule has 20 heavy (non-hydrogen) atoms. The number of nitrogens with zero attached hydrogens (tertiary/aromatic N) is 1. The molecule has 3 rings (SSSR count). The average Bonchev–Trinajstić information content (AvgIpc) is 3.24. The Bertz CT molecular complexity index is 519. The van der Waals surface area contributed by atoms with E-state index in [1.165, 1.54) is 25.0 Å². The Kier molecular flexibility index (Phi) is 3.86. The van der Waals surface area contributed by atoms with Crippen LogP contribution in [0.15, 0.2) is 16.6 Å². The second-order valence-corrected chi connectivity index (χ2v) is 7.01. The molecule has 0 spiro atoms. The zero-order valence-corrected chi connectivity index (χ0v) is 13.1. The number of nitrogens with one attached hydrogen (secondary N) is 1. The van der Waals surface area contributed by atoms with E-state index in [1.807, 2.05) is 0 Å². The molecule has 1 aliphatic heterocycles. The van der Waals surface area contributed by atoms with Crippen LogP contribution >= 0.6 is 15.9 Å². The lowest BCUT2D eigenvalue weighted by Gasteiger charge is -2.42. The minimum absolute atomic E-state index is 0.0945. The summed E-state index contributed by atoms with van der Waals surface area (Å²) in [6, 6.07) is 2.74. The highest BCUT2D eigenvalue weighted by Crippen LogP contribution is 2.41. The Labute approximate surface area is 126 Å². The summed E-state index contributed by atoms with van der Waals surface area (Å²) in [5, 5.41) is 3.58. The third kappa shape index (κ3) is 2.76. The van der Waals surface area contributed by atoms with Gasteiger partial charge in [-0.1, -0.05) is 0 Å². The summed E-state index contributed by atoms with van der Waals surface area (Å²) < 4.78 is 28.2. The maximum absolute atomic E-state index is 14.1. The van der Waals surface area contributed by atoms with Crippen LogP contribution in [0.5, 0.6) is 0 Å². The highest BCUT2D eigenvalue weighted by molar-refractivity contribution is 9.10. The van der Waals surface area contributed by atoms with E-state index in [9.17, 15) is 8.78 Å². The first kappa shape index (κ1) is 14.4. The number of rotatable bonds is 3. The van der Waals surface area contributed by atoms with Gasteiger partial charge in [0.05, 0.1) is 4.47 Å². The fourth-order valence-electron chi connectivity index (χ4n) is 3.17. The lowest BCUT2D eigenvalue weighted by molar-refractivity contribution is 0.119. The molecule has 1 aromatic rings. The van der Waals surface area contributed by atoms with Gasteiger partial charge in [-0.25, -0.2) is 8.78 Å². The highest BCUT2D eigenvalue weighted by Gasteiger charge is 2.43. The van der Waals surface area contributed by atoms with Gasteiger partial charge >= 0.3 is 0 Å². The van der Waals surface area contributed by atoms with Crippen molar-refractivity contribution in [3.05, 3.63) is 33.8 Å². The molecule has 1 aliphatic carbocycles. The van der Waals surface area contributed by atoms with Gasteiger partial charge in [0.25, 0.3) is 0 Å². The van der Waals surface area contributed by atoms with E-state index in [4.69, 9.17) is 0 Å². The molecule has 2 fully saturated rings. The molecule has 1 saturated carbocycles. The van der Waals surface area contributed by atoms with Crippen molar-refractivity contribution in [1.29, 1.82) is 0 Å². The van der Waals surface area contributed by atoms with Gasteiger partial charge < -0.3 is 5.32 Å². The van der Waals surface area contributed by atoms with Crippen molar-refractivity contribution < 1.29 is 8.78 Å². The van der Waals surface area contributed by atoms with E-state index in [-0.39, 0.29) is 11.1 Å². The Hall–Kier alpha value is -0.520. The van der Waals surface area contributed by atoms with Crippen LogP contribution in [0.2, 0.25) is 0 Å². The molecular formula is C15H19BrF2N2. The van der Waals surface area contributed by atoms with Gasteiger partial charge in [-0.2, -0.15) is 0 Å². The molecule has 5 heteroatoms. The first-order chi connectivity index (χ1) is 9.49. The van der Waals surface area contributed by atoms with Crippen LogP contribution in [0.1, 0.15) is 25.3 Å². The van der Waals surface area contributed by atoms with Crippen molar-refractivity contribution in [2.45, 2.75) is 31.8 Å². The summed E-state index contributed by atoms with van der Waals surface area (Å²) in [5.74, 6) is -0.225. The summed E-state index contributed by atoms with van der Waals surface area (Å²) >= 11 is 3.13. The van der Waals surface area contributed by atoms with Gasteiger partial charge in [0.2, 0.25) is 0 Å². The third-order valence-electron chi connectivity index (χ3n) is 4.51. The molecule has 1 heterocycles. The Morgan fingerprint density at radius 3 is 2.85 bits per heavy atom. The Morgan fingerprint density at radius 2 is 2.15 bits per heavy atom. The number of hydrogen-bond donors (Lipinski definition) is 1. The van der Waals surface area contributed by atoms with Gasteiger partial charge in [-0.3, -0.25) is 4.90 Å². The lowest BCUT2D eigenvalue weighted by Crippen LogP contribution is -2.59. The van der Waals surface area contributed by atoms with Crippen LogP contribution in [-0.4, -0.2) is 30.1 Å². The summed E-state index contributed by atoms with van der Waals surface area (Å²) in [5.41, 5.74) is 0.261. The second kappa shape index (κ2) is 5.35. The largest absolute Gasteiger partial charge is 0.309 e. The van der Waals surface area contributed by atoms with Gasteiger partial charge in [0.15, 0.2) is 0 Å². The lowest BCUT2D eigenvalue weighted by atomic mass is 9.92. The third-order valence-corrected chi connectivity index (χ3v) is 5.12. The number of benzene rings is 1. The van der Waals surface area contributed by atoms with Gasteiger partial charge in [0, 0.05) is 37.3 Å². The van der Waals surface area contributed by atoms with Crippen molar-refractivity contribution in [3.63, 3.8) is 0 Å². The van der Waals surface area contributed by atoms with Crippen LogP contribution < -0.4 is 5.32 Å². The van der Waals surface area contributed by atoms with Crippen LogP contribution in [0, 0.1) is 17.6 Å². The fourth-order valence-corrected chi connectivity index (χ4v) is 3.54. The second-order valence-electron chi connectivity index (χ2n) is 6.15. The fraction of sp³-hybridized carbons (Fsp3) is 0.600. The first-order valence-corrected chi connectivity index (χ1v) is 7.89. The Morgan fingerprint density at radius 1 is 1.40 bits per heavy atom. The van der Waals surface area contributed by atoms with E-state index in [0.717, 1.165) is 19.6 Å². The van der Waals surface area contributed by atoms with Crippen LogP contribution in [-0.2, 0) is 6.54 Å². The van der Waals surface area contributed by atoms with E-state index >= 15 is 0 Å². The molecule has 0 amide bonds. The average molecular weight is 345 g/mol. The number of piperazine rings is 1. The predicted molar refractivity (Wildman–Crippen MR) is 78.5 cm³/mol. The summed E-state index contributed by atoms with van der Waals surface area (Å²) in [6.07, 6.45) is 2.52. The van der Waals surface area contributed by atoms with Gasteiger partial charge in [-0.05, 0) is 53.7 Å². The van der Waals surface area contributed by atoms with Crippen LogP contribution in [0.25, 0.3) is 0 Å². The van der Waals surface area contributed by atoms with E-state index in [0.29, 0.717) is 16.9 Å². The van der Waals surface area contributed by atoms with E-state index in [1.54, 1.807) is 0 Å². The van der Waals surface area contributed by atoms with Crippen LogP contribution in [0.4, 0.5) is 8.78 Å². The number of halogens is 3. The first-order valence-electron chi connectivity index (χ1n) is 7.09. The van der Waals surface area contributed by atoms with Crippen molar-refractivity contribution in [2.24, 2.45) is 5.92 Å². The molecule has 2 aliphatic rings. The molecule has 1 aromatic carbocycles. The molecule has 1 N–H and O–H groups in total. The standard InChI is InChI=1S/C15H19BrF2N2/c1-15(10-2-3-10)9-20(7-6-19-15)8-11-13(17)5-4-12(16)14(11)18/h4-5,10,19H,2-3,6-9H2,1H3. The number of hydrogen-bond acceptors (Lipinski definition) is 2. The monoisotopic (exact) mass is 344 g/mol. The molecule has 0 aromatic heterocycles. The highest BCUT2D eigenvalue weighted by atomic mass is 79.9. The molecule has 0 bridgehead atoms. The smallest absolute Gasteiger partial charge is 0.144 e. The molecule has 0 radical (unpaired) electrons. The molecule has 1 unspecified atom stereocenters. The van der Waals surface area contributed by atoms with Gasteiger partial charge in [-0.15, -0.1) is 0 Å². The minimum atomic E-state index is -0.475. The maximum atomic E-state index is 14.1. The normalized spacial score (nSPS) is 27.8. The maximum Gasteiger partial charge on any atom is 0.144 e. The molecule has 110 valence electrons. The van der Waals surface area contributed by atoms with Gasteiger partial charge in [0.1, 0.15) is 11.6 Å². The topological polar surface area (TPSA) is 15.3 Å². The quantitative estimate of drug-likeness (QED) is 0.846. The van der Waals surface area contributed by atoms with Crippen LogP contribution in [0.3, 0.4) is 0 Å². The van der Waals surface area contributed by atoms with Crippen molar-refractivity contribution in [2.75, 3.05) is 19.6 Å². The predicted octanol–water partition coefficient (Wildman–Crippen LogP) is 3.30. The van der Waals surface area contributed by atoms with E-state index < -0.39 is 11.6 Å². The van der Waals surface area contributed by atoms with Crippen molar-refractivity contribution in [1.82, 2.24) is 10.2 Å². The molecule has 1 atom stereocenters. The Balaban J connectivity index is 1.76. The zero-order valence-electron chi connectivity index (χ0n) is 11.6. The van der Waals surface area contributed by atoms with Crippen molar-refractivity contribution in [3.8, 4) is 0 Å². The zero-order chi connectivity index (χ0) is 14.3. The summed E-state index contributed by atoms with van der Waals surface area (Å²) in [4.78, 5) is 2.16. The molecular weight excluding hydrogens is 326 g/mol.